The topological polar surface area (TPSA) is 53.0 Å². The second-order valence-electron chi connectivity index (χ2n) is 6.24. The van der Waals surface area contributed by atoms with Gasteiger partial charge in [0, 0.05) is 31.5 Å². The fourth-order valence-corrected chi connectivity index (χ4v) is 3.01. The van der Waals surface area contributed by atoms with Crippen LogP contribution in [0.1, 0.15) is 24.0 Å². The van der Waals surface area contributed by atoms with Gasteiger partial charge in [0.05, 0.1) is 6.54 Å². The van der Waals surface area contributed by atoms with Gasteiger partial charge in [-0.3, -0.25) is 9.59 Å². The number of amides is 2. The van der Waals surface area contributed by atoms with Crippen LogP contribution in [0.4, 0.5) is 0 Å². The number of hydrogen-bond acceptors (Lipinski definition) is 3. The molecule has 0 aliphatic carbocycles. The first-order chi connectivity index (χ1) is 12.5. The quantitative estimate of drug-likeness (QED) is 0.810. The SMILES string of the molecule is CN(Cc1ccccc1Cl)C(=O)C1=NN(Cc2ccccc2)C(=O)CC1. The van der Waals surface area contributed by atoms with Gasteiger partial charge in [0.2, 0.25) is 5.91 Å². The molecule has 2 aromatic rings. The van der Waals surface area contributed by atoms with E-state index in [1.165, 1.54) is 5.01 Å². The molecule has 0 fully saturated rings. The summed E-state index contributed by atoms with van der Waals surface area (Å²) in [5, 5.41) is 6.33. The maximum absolute atomic E-state index is 12.7. The Morgan fingerprint density at radius 3 is 2.54 bits per heavy atom. The largest absolute Gasteiger partial charge is 0.336 e. The standard InChI is InChI=1S/C20H20ClN3O2/c1-23(14-16-9-5-6-10-17(16)21)20(26)18-11-12-19(25)24(22-18)13-15-7-3-2-4-8-15/h2-10H,11-14H2,1H3. The van der Waals surface area contributed by atoms with Gasteiger partial charge in [0.1, 0.15) is 5.71 Å². The average Bonchev–Trinajstić information content (AvgIpc) is 2.65. The van der Waals surface area contributed by atoms with Crippen molar-refractivity contribution in [3.05, 3.63) is 70.7 Å². The fourth-order valence-electron chi connectivity index (χ4n) is 2.81. The van der Waals surface area contributed by atoms with Crippen LogP contribution in [0.25, 0.3) is 0 Å². The summed E-state index contributed by atoms with van der Waals surface area (Å²) in [7, 11) is 1.71. The van der Waals surface area contributed by atoms with E-state index in [0.717, 1.165) is 11.1 Å². The molecule has 0 atom stereocenters. The molecule has 0 N–H and O–H groups in total. The monoisotopic (exact) mass is 369 g/mol. The van der Waals surface area contributed by atoms with Crippen LogP contribution in [-0.2, 0) is 22.7 Å². The third-order valence-electron chi connectivity index (χ3n) is 4.24. The van der Waals surface area contributed by atoms with Crippen molar-refractivity contribution in [2.24, 2.45) is 5.10 Å². The van der Waals surface area contributed by atoms with Gasteiger partial charge in [-0.2, -0.15) is 5.10 Å². The molecule has 3 rings (SSSR count). The summed E-state index contributed by atoms with van der Waals surface area (Å²) in [6, 6.07) is 17.0. The van der Waals surface area contributed by atoms with Gasteiger partial charge in [0.25, 0.3) is 5.91 Å². The van der Waals surface area contributed by atoms with E-state index >= 15 is 0 Å². The van der Waals surface area contributed by atoms with E-state index in [1.807, 2.05) is 48.5 Å². The minimum Gasteiger partial charge on any atom is -0.336 e. The molecular formula is C20H20ClN3O2. The van der Waals surface area contributed by atoms with E-state index < -0.39 is 0 Å². The Balaban J connectivity index is 1.72. The lowest BCUT2D eigenvalue weighted by molar-refractivity contribution is -0.132. The normalized spacial score (nSPS) is 14.2. The number of rotatable bonds is 5. The molecule has 134 valence electrons. The van der Waals surface area contributed by atoms with Crippen molar-refractivity contribution in [3.63, 3.8) is 0 Å². The van der Waals surface area contributed by atoms with Crippen molar-refractivity contribution in [1.82, 2.24) is 9.91 Å². The third kappa shape index (κ3) is 4.29. The second kappa shape index (κ2) is 8.15. The molecular weight excluding hydrogens is 350 g/mol. The molecule has 0 saturated carbocycles. The molecule has 0 aromatic heterocycles. The number of carbonyl (C=O) groups excluding carboxylic acids is 2. The summed E-state index contributed by atoms with van der Waals surface area (Å²) >= 11 is 6.17. The first-order valence-electron chi connectivity index (χ1n) is 8.45. The van der Waals surface area contributed by atoms with Crippen molar-refractivity contribution in [2.45, 2.75) is 25.9 Å². The molecule has 1 aliphatic rings. The maximum atomic E-state index is 12.7. The van der Waals surface area contributed by atoms with Crippen LogP contribution in [0.5, 0.6) is 0 Å². The highest BCUT2D eigenvalue weighted by molar-refractivity contribution is 6.39. The number of nitrogens with zero attached hydrogens (tertiary/aromatic N) is 3. The summed E-state index contributed by atoms with van der Waals surface area (Å²) in [5.74, 6) is -0.255. The zero-order valence-electron chi connectivity index (χ0n) is 14.6. The lowest BCUT2D eigenvalue weighted by atomic mass is 10.1. The van der Waals surface area contributed by atoms with Crippen LogP contribution in [0, 0.1) is 0 Å². The van der Waals surface area contributed by atoms with Crippen LogP contribution in [0.2, 0.25) is 5.02 Å². The van der Waals surface area contributed by atoms with Crippen LogP contribution in [0.3, 0.4) is 0 Å². The number of carbonyl (C=O) groups is 2. The van der Waals surface area contributed by atoms with Crippen molar-refractivity contribution in [2.75, 3.05) is 7.05 Å². The van der Waals surface area contributed by atoms with E-state index in [0.29, 0.717) is 30.2 Å². The molecule has 0 unspecified atom stereocenters. The van der Waals surface area contributed by atoms with Crippen LogP contribution < -0.4 is 0 Å². The lowest BCUT2D eigenvalue weighted by Crippen LogP contribution is -2.39. The molecule has 5 nitrogen and oxygen atoms in total. The summed E-state index contributed by atoms with van der Waals surface area (Å²) < 4.78 is 0. The van der Waals surface area contributed by atoms with Crippen molar-refractivity contribution < 1.29 is 9.59 Å². The predicted molar refractivity (Wildman–Crippen MR) is 102 cm³/mol. The summed E-state index contributed by atoms with van der Waals surface area (Å²) in [5.41, 5.74) is 2.25. The van der Waals surface area contributed by atoms with Crippen molar-refractivity contribution in [1.29, 1.82) is 0 Å². The third-order valence-corrected chi connectivity index (χ3v) is 4.61. The van der Waals surface area contributed by atoms with Crippen molar-refractivity contribution >= 4 is 29.1 Å². The Bertz CT molecular complexity index is 836. The van der Waals surface area contributed by atoms with E-state index in [1.54, 1.807) is 18.0 Å². The number of benzene rings is 2. The minimum atomic E-state index is -0.185. The Labute approximate surface area is 157 Å². The Hall–Kier alpha value is -2.66. The zero-order chi connectivity index (χ0) is 18.5. The molecule has 0 bridgehead atoms. The van der Waals surface area contributed by atoms with Gasteiger partial charge in [-0.05, 0) is 17.2 Å². The van der Waals surface area contributed by atoms with Gasteiger partial charge >= 0.3 is 0 Å². The van der Waals surface area contributed by atoms with Crippen LogP contribution in [-0.4, -0.2) is 34.5 Å². The fraction of sp³-hybridized carbons (Fsp3) is 0.250. The molecule has 0 saturated heterocycles. The minimum absolute atomic E-state index is 0.0702. The highest BCUT2D eigenvalue weighted by Gasteiger charge is 2.26. The summed E-state index contributed by atoms with van der Waals surface area (Å²) in [6.07, 6.45) is 0.646. The second-order valence-corrected chi connectivity index (χ2v) is 6.64. The van der Waals surface area contributed by atoms with Gasteiger partial charge in [0.15, 0.2) is 0 Å². The molecule has 1 heterocycles. The van der Waals surface area contributed by atoms with Crippen LogP contribution >= 0.6 is 11.6 Å². The number of hydrazone groups is 1. The van der Waals surface area contributed by atoms with Crippen LogP contribution in [0.15, 0.2) is 59.7 Å². The summed E-state index contributed by atoms with van der Waals surface area (Å²) in [6.45, 7) is 0.759. The smallest absolute Gasteiger partial charge is 0.270 e. The number of hydrogen-bond donors (Lipinski definition) is 0. The van der Waals surface area contributed by atoms with E-state index in [2.05, 4.69) is 5.10 Å². The Morgan fingerprint density at radius 1 is 1.12 bits per heavy atom. The molecule has 2 aromatic carbocycles. The van der Waals surface area contributed by atoms with Gasteiger partial charge in [-0.1, -0.05) is 60.1 Å². The molecule has 0 spiro atoms. The zero-order valence-corrected chi connectivity index (χ0v) is 15.3. The first kappa shape index (κ1) is 18.1. The lowest BCUT2D eigenvalue weighted by Gasteiger charge is -2.25. The molecule has 0 radical (unpaired) electrons. The van der Waals surface area contributed by atoms with E-state index in [4.69, 9.17) is 11.6 Å². The highest BCUT2D eigenvalue weighted by Crippen LogP contribution is 2.18. The molecule has 1 aliphatic heterocycles. The maximum Gasteiger partial charge on any atom is 0.270 e. The van der Waals surface area contributed by atoms with Gasteiger partial charge in [-0.25, -0.2) is 5.01 Å². The highest BCUT2D eigenvalue weighted by atomic mass is 35.5. The predicted octanol–water partition coefficient (Wildman–Crippen LogP) is 3.48. The van der Waals surface area contributed by atoms with E-state index in [-0.39, 0.29) is 18.2 Å². The summed E-state index contributed by atoms with van der Waals surface area (Å²) in [4.78, 5) is 26.5. The average molecular weight is 370 g/mol. The van der Waals surface area contributed by atoms with Gasteiger partial charge < -0.3 is 4.90 Å². The number of halogens is 1. The van der Waals surface area contributed by atoms with Gasteiger partial charge in [-0.15, -0.1) is 0 Å². The molecule has 26 heavy (non-hydrogen) atoms. The first-order valence-corrected chi connectivity index (χ1v) is 8.83. The van der Waals surface area contributed by atoms with E-state index in [9.17, 15) is 9.59 Å². The molecule has 6 heteroatoms. The Morgan fingerprint density at radius 2 is 1.81 bits per heavy atom. The Kier molecular flexibility index (Phi) is 5.68. The van der Waals surface area contributed by atoms with Crippen molar-refractivity contribution in [3.8, 4) is 0 Å². The molecule has 2 amide bonds.